The monoisotopic (exact) mass is 546 g/mol. The molecule has 2 heterocycles. The van der Waals surface area contributed by atoms with Crippen LogP contribution in [-0.4, -0.2) is 88.9 Å². The molecule has 1 aromatic rings. The number of amides is 2. The van der Waals surface area contributed by atoms with Gasteiger partial charge in [0.05, 0.1) is 18.1 Å². The summed E-state index contributed by atoms with van der Waals surface area (Å²) in [5.74, 6) is -1.92. The standard InChI is InChI=1S/C19H26BN3O5.C9H18FN/c1-14(12-21)18(24)23-10-6-5-9-16(23)13-28-19(25)22-17(20(26)27)11-15-7-3-2-4-8-15;1-4-9(2,3)11-6-5-8(10)7-11/h2-4,7-8,14,16-17,26-27H,5-6,9-11,13H2,1H3,(H,22,25);8H,4-7H2,1-3H3/t14?,16-,17+;8-/m10/s1. The second-order valence-corrected chi connectivity index (χ2v) is 11.0. The molecule has 2 aliphatic rings. The fourth-order valence-electron chi connectivity index (χ4n) is 4.72. The summed E-state index contributed by atoms with van der Waals surface area (Å²) in [6.07, 6.45) is 3.15. The molecular formula is C28H44BFN4O5. The van der Waals surface area contributed by atoms with Crippen LogP contribution >= 0.6 is 0 Å². The molecule has 1 unspecified atom stereocenters. The van der Waals surface area contributed by atoms with E-state index in [-0.39, 0.29) is 30.5 Å². The first kappa shape index (κ1) is 32.5. The molecule has 0 spiro atoms. The number of nitrogens with zero attached hydrogens (tertiary/aromatic N) is 3. The molecule has 1 aromatic carbocycles. The third kappa shape index (κ3) is 10.4. The number of hydrogen-bond donors (Lipinski definition) is 3. The Morgan fingerprint density at radius 1 is 1.23 bits per heavy atom. The number of rotatable bonds is 9. The van der Waals surface area contributed by atoms with Crippen LogP contribution < -0.4 is 5.32 Å². The van der Waals surface area contributed by atoms with Gasteiger partial charge in [-0.25, -0.2) is 9.18 Å². The number of nitrogens with one attached hydrogen (secondary N) is 1. The Kier molecular flexibility index (Phi) is 13.2. The van der Waals surface area contributed by atoms with Crippen molar-refractivity contribution >= 4 is 19.1 Å². The van der Waals surface area contributed by atoms with Crippen LogP contribution in [-0.2, 0) is 16.0 Å². The Labute approximate surface area is 232 Å². The van der Waals surface area contributed by atoms with E-state index >= 15 is 0 Å². The van der Waals surface area contributed by atoms with Crippen molar-refractivity contribution in [2.75, 3.05) is 26.2 Å². The maximum atomic E-state index is 12.8. The summed E-state index contributed by atoms with van der Waals surface area (Å²) >= 11 is 0. The highest BCUT2D eigenvalue weighted by molar-refractivity contribution is 6.43. The Morgan fingerprint density at radius 3 is 2.49 bits per heavy atom. The van der Waals surface area contributed by atoms with E-state index in [1.165, 1.54) is 0 Å². The van der Waals surface area contributed by atoms with Gasteiger partial charge in [-0.2, -0.15) is 5.26 Å². The maximum Gasteiger partial charge on any atom is 0.475 e. The van der Waals surface area contributed by atoms with Gasteiger partial charge in [0.2, 0.25) is 5.91 Å². The Bertz CT molecular complexity index is 946. The van der Waals surface area contributed by atoms with E-state index in [4.69, 9.17) is 10.00 Å². The fraction of sp³-hybridized carbons (Fsp3) is 0.679. The van der Waals surface area contributed by atoms with Gasteiger partial charge in [0.1, 0.15) is 18.7 Å². The zero-order valence-corrected chi connectivity index (χ0v) is 23.7. The summed E-state index contributed by atoms with van der Waals surface area (Å²) in [4.78, 5) is 28.3. The van der Waals surface area contributed by atoms with Crippen molar-refractivity contribution in [2.24, 2.45) is 5.92 Å². The van der Waals surface area contributed by atoms with Crippen molar-refractivity contribution in [1.82, 2.24) is 15.1 Å². The van der Waals surface area contributed by atoms with Crippen molar-refractivity contribution in [3.05, 3.63) is 35.9 Å². The van der Waals surface area contributed by atoms with Gasteiger partial charge in [0, 0.05) is 25.2 Å². The van der Waals surface area contributed by atoms with Gasteiger partial charge in [-0.05, 0) is 64.9 Å². The Morgan fingerprint density at radius 2 is 1.92 bits per heavy atom. The smallest absolute Gasteiger partial charge is 0.447 e. The molecule has 2 saturated heterocycles. The van der Waals surface area contributed by atoms with Crippen molar-refractivity contribution in [3.63, 3.8) is 0 Å². The molecule has 3 rings (SSSR count). The second-order valence-electron chi connectivity index (χ2n) is 11.0. The Balaban J connectivity index is 0.000000404. The molecule has 0 aromatic heterocycles. The van der Waals surface area contributed by atoms with Crippen LogP contribution in [0, 0.1) is 17.2 Å². The number of carbonyl (C=O) groups excluding carboxylic acids is 2. The van der Waals surface area contributed by atoms with Gasteiger partial charge >= 0.3 is 13.2 Å². The minimum absolute atomic E-state index is 0.00466. The Hall–Kier alpha value is -2.68. The van der Waals surface area contributed by atoms with Crippen molar-refractivity contribution in [3.8, 4) is 6.07 Å². The quantitative estimate of drug-likeness (QED) is 0.407. The number of halogens is 1. The van der Waals surface area contributed by atoms with Crippen LogP contribution in [0.5, 0.6) is 0 Å². The number of likely N-dealkylation sites (tertiary alicyclic amines) is 2. The predicted octanol–water partition coefficient (Wildman–Crippen LogP) is 3.10. The van der Waals surface area contributed by atoms with Crippen LogP contribution in [0.3, 0.4) is 0 Å². The lowest BCUT2D eigenvalue weighted by Crippen LogP contribution is -2.51. The molecule has 39 heavy (non-hydrogen) atoms. The molecule has 4 atom stereocenters. The second kappa shape index (κ2) is 15.8. The van der Waals surface area contributed by atoms with E-state index in [1.54, 1.807) is 11.8 Å². The third-order valence-corrected chi connectivity index (χ3v) is 7.69. The first-order valence-corrected chi connectivity index (χ1v) is 13.9. The van der Waals surface area contributed by atoms with Gasteiger partial charge in [0.25, 0.3) is 0 Å². The summed E-state index contributed by atoms with van der Waals surface area (Å²) in [5.41, 5.74) is 1.04. The van der Waals surface area contributed by atoms with Gasteiger partial charge in [0.15, 0.2) is 0 Å². The summed E-state index contributed by atoms with van der Waals surface area (Å²) in [6, 6.07) is 10.8. The zero-order chi connectivity index (χ0) is 29.0. The average Bonchev–Trinajstić information content (AvgIpc) is 3.39. The maximum absolute atomic E-state index is 12.8. The molecule has 3 N–H and O–H groups in total. The van der Waals surface area contributed by atoms with E-state index in [1.807, 2.05) is 36.4 Å². The van der Waals surface area contributed by atoms with E-state index < -0.39 is 31.2 Å². The van der Waals surface area contributed by atoms with Gasteiger partial charge < -0.3 is 25.0 Å². The number of ether oxygens (including phenoxy) is 1. The molecule has 0 radical (unpaired) electrons. The van der Waals surface area contributed by atoms with Gasteiger partial charge in [-0.3, -0.25) is 9.69 Å². The van der Waals surface area contributed by atoms with Gasteiger partial charge in [-0.15, -0.1) is 0 Å². The number of carbonyl (C=O) groups is 2. The first-order valence-electron chi connectivity index (χ1n) is 13.9. The largest absolute Gasteiger partial charge is 0.475 e. The number of nitriles is 1. The third-order valence-electron chi connectivity index (χ3n) is 7.69. The molecule has 2 amide bonds. The SMILES string of the molecule is CC(C#N)C(=O)N1CCCC[C@@H]1COC(=O)N[C@@H](Cc1ccccc1)B(O)O.CCC(C)(C)N1CC[C@H](F)C1. The molecule has 2 fully saturated rings. The number of piperidine rings is 1. The van der Waals surface area contributed by atoms with E-state index in [9.17, 15) is 24.0 Å². The molecule has 2 aliphatic heterocycles. The normalized spacial score (nSPS) is 21.1. The molecule has 11 heteroatoms. The molecule has 0 bridgehead atoms. The molecule has 0 saturated carbocycles. The van der Waals surface area contributed by atoms with Crippen LogP contribution in [0.1, 0.15) is 65.4 Å². The number of hydrogen-bond acceptors (Lipinski definition) is 7. The highest BCUT2D eigenvalue weighted by Crippen LogP contribution is 2.25. The van der Waals surface area contributed by atoms with E-state index in [0.29, 0.717) is 19.5 Å². The first-order chi connectivity index (χ1) is 18.5. The molecular weight excluding hydrogens is 502 g/mol. The van der Waals surface area contributed by atoms with Crippen LogP contribution in [0.2, 0.25) is 0 Å². The van der Waals surface area contributed by atoms with Crippen LogP contribution in [0.15, 0.2) is 30.3 Å². The zero-order valence-electron chi connectivity index (χ0n) is 23.7. The minimum Gasteiger partial charge on any atom is -0.447 e. The molecule has 0 aliphatic carbocycles. The fourth-order valence-corrected chi connectivity index (χ4v) is 4.72. The summed E-state index contributed by atoms with van der Waals surface area (Å²) in [5, 5.41) is 30.5. The lowest BCUT2D eigenvalue weighted by atomic mass is 9.76. The van der Waals surface area contributed by atoms with E-state index in [0.717, 1.165) is 37.8 Å². The van der Waals surface area contributed by atoms with Crippen molar-refractivity contribution in [1.29, 1.82) is 5.26 Å². The summed E-state index contributed by atoms with van der Waals surface area (Å²) in [7, 11) is -1.74. The van der Waals surface area contributed by atoms with Crippen molar-refractivity contribution < 1.29 is 28.8 Å². The summed E-state index contributed by atoms with van der Waals surface area (Å²) < 4.78 is 18.0. The predicted molar refractivity (Wildman–Crippen MR) is 148 cm³/mol. The highest BCUT2D eigenvalue weighted by Gasteiger charge is 2.33. The van der Waals surface area contributed by atoms with Crippen LogP contribution in [0.25, 0.3) is 0 Å². The lowest BCUT2D eigenvalue weighted by molar-refractivity contribution is -0.138. The number of benzene rings is 1. The molecule has 9 nitrogen and oxygen atoms in total. The summed E-state index contributed by atoms with van der Waals surface area (Å²) in [6.45, 7) is 10.2. The lowest BCUT2D eigenvalue weighted by Gasteiger charge is -2.36. The molecule has 216 valence electrons. The highest BCUT2D eigenvalue weighted by atomic mass is 19.1. The van der Waals surface area contributed by atoms with Crippen LogP contribution in [0.4, 0.5) is 9.18 Å². The van der Waals surface area contributed by atoms with Crippen molar-refractivity contribution in [2.45, 2.75) is 89.9 Å². The number of alkyl halides is 1. The minimum atomic E-state index is -1.74. The average molecular weight is 546 g/mol. The topological polar surface area (TPSA) is 126 Å². The van der Waals surface area contributed by atoms with Gasteiger partial charge in [-0.1, -0.05) is 37.3 Å². The van der Waals surface area contributed by atoms with E-state index in [2.05, 4.69) is 31.0 Å². The number of alkyl carbamates (subject to hydrolysis) is 1.